The van der Waals surface area contributed by atoms with Gasteiger partial charge in [0, 0.05) is 6.07 Å². The highest BCUT2D eigenvalue weighted by Crippen LogP contribution is 2.26. The van der Waals surface area contributed by atoms with Crippen LogP contribution in [0.2, 0.25) is 5.15 Å². The zero-order valence-electron chi connectivity index (χ0n) is 10.3. The number of carbonyl (C=O) groups excluding carboxylic acids is 1. The number of methoxy groups -OCH3 is 1. The molecule has 0 spiro atoms. The Kier molecular flexibility index (Phi) is 4.14. The molecule has 0 saturated heterocycles. The van der Waals surface area contributed by atoms with Crippen molar-refractivity contribution >= 4 is 23.2 Å². The van der Waals surface area contributed by atoms with E-state index in [1.807, 2.05) is 0 Å². The molecular formula is C13H9ClF2N2O2. The van der Waals surface area contributed by atoms with Gasteiger partial charge < -0.3 is 10.1 Å². The van der Waals surface area contributed by atoms with Crippen LogP contribution >= 0.6 is 11.6 Å². The Morgan fingerprint density at radius 1 is 1.30 bits per heavy atom. The Morgan fingerprint density at radius 3 is 2.75 bits per heavy atom. The molecule has 20 heavy (non-hydrogen) atoms. The molecule has 1 aromatic carbocycles. The van der Waals surface area contributed by atoms with Crippen LogP contribution in [0.25, 0.3) is 0 Å². The topological polar surface area (TPSA) is 51.2 Å². The number of carbonyl (C=O) groups is 1. The van der Waals surface area contributed by atoms with Crippen LogP contribution in [0.4, 0.5) is 14.5 Å². The predicted molar refractivity (Wildman–Crippen MR) is 70.1 cm³/mol. The van der Waals surface area contributed by atoms with Crippen molar-refractivity contribution in [1.82, 2.24) is 4.98 Å². The summed E-state index contributed by atoms with van der Waals surface area (Å²) in [6.45, 7) is 0. The van der Waals surface area contributed by atoms with Crippen LogP contribution < -0.4 is 10.1 Å². The summed E-state index contributed by atoms with van der Waals surface area (Å²) in [6.07, 6.45) is 0.900. The number of hydrogen-bond acceptors (Lipinski definition) is 3. The van der Waals surface area contributed by atoms with Crippen LogP contribution in [0.15, 0.2) is 30.5 Å². The maximum Gasteiger partial charge on any atom is 0.259 e. The lowest BCUT2D eigenvalue weighted by Crippen LogP contribution is -2.14. The van der Waals surface area contributed by atoms with Gasteiger partial charge in [0.15, 0.2) is 0 Å². The van der Waals surface area contributed by atoms with E-state index in [0.717, 1.165) is 24.4 Å². The Balaban J connectivity index is 2.30. The average Bonchev–Trinajstić information content (AvgIpc) is 2.43. The van der Waals surface area contributed by atoms with Gasteiger partial charge in [-0.25, -0.2) is 13.8 Å². The standard InChI is InChI=1S/C13H9ClF2N2O2/c1-20-11-5-7(15)2-3-10(11)18-13(19)9-4-8(16)6-17-12(9)14/h2-6H,1H3,(H,18,19). The van der Waals surface area contributed by atoms with Gasteiger partial charge in [-0.3, -0.25) is 4.79 Å². The molecule has 104 valence electrons. The van der Waals surface area contributed by atoms with Gasteiger partial charge in [-0.15, -0.1) is 0 Å². The molecule has 1 N–H and O–H groups in total. The third kappa shape index (κ3) is 3.03. The molecular weight excluding hydrogens is 290 g/mol. The molecule has 1 aromatic heterocycles. The molecule has 4 nitrogen and oxygen atoms in total. The SMILES string of the molecule is COc1cc(F)ccc1NC(=O)c1cc(F)cnc1Cl. The summed E-state index contributed by atoms with van der Waals surface area (Å²) in [5, 5.41) is 2.32. The highest BCUT2D eigenvalue weighted by Gasteiger charge is 2.15. The van der Waals surface area contributed by atoms with Crippen molar-refractivity contribution in [3.05, 3.63) is 52.8 Å². The summed E-state index contributed by atoms with van der Waals surface area (Å²) >= 11 is 5.73. The van der Waals surface area contributed by atoms with Crippen molar-refractivity contribution in [3.8, 4) is 5.75 Å². The summed E-state index contributed by atoms with van der Waals surface area (Å²) in [6, 6.07) is 4.55. The minimum Gasteiger partial charge on any atom is -0.494 e. The minimum absolute atomic E-state index is 0.127. The molecule has 0 radical (unpaired) electrons. The van der Waals surface area contributed by atoms with E-state index in [4.69, 9.17) is 16.3 Å². The third-order valence-corrected chi connectivity index (χ3v) is 2.76. The number of amides is 1. The van der Waals surface area contributed by atoms with E-state index in [2.05, 4.69) is 10.3 Å². The van der Waals surface area contributed by atoms with Crippen molar-refractivity contribution in [1.29, 1.82) is 0 Å². The van der Waals surface area contributed by atoms with Crippen LogP contribution in [0.5, 0.6) is 5.75 Å². The first-order chi connectivity index (χ1) is 9.51. The summed E-state index contributed by atoms with van der Waals surface area (Å²) in [7, 11) is 1.33. The quantitative estimate of drug-likeness (QED) is 0.885. The highest BCUT2D eigenvalue weighted by molar-refractivity contribution is 6.33. The largest absolute Gasteiger partial charge is 0.494 e. The van der Waals surface area contributed by atoms with Crippen LogP contribution in [-0.4, -0.2) is 18.0 Å². The summed E-state index contributed by atoms with van der Waals surface area (Å²) in [5.74, 6) is -1.73. The number of halogens is 3. The Hall–Kier alpha value is -2.21. The van der Waals surface area contributed by atoms with Gasteiger partial charge in [-0.2, -0.15) is 0 Å². The number of aromatic nitrogens is 1. The van der Waals surface area contributed by atoms with E-state index in [1.165, 1.54) is 13.2 Å². The van der Waals surface area contributed by atoms with Gasteiger partial charge in [0.1, 0.15) is 22.5 Å². The van der Waals surface area contributed by atoms with Gasteiger partial charge in [0.2, 0.25) is 0 Å². The first kappa shape index (κ1) is 14.2. The van der Waals surface area contributed by atoms with E-state index in [-0.39, 0.29) is 22.2 Å². The number of hydrogen-bond donors (Lipinski definition) is 1. The fraction of sp³-hybridized carbons (Fsp3) is 0.0769. The molecule has 1 amide bonds. The summed E-state index contributed by atoms with van der Waals surface area (Å²) in [4.78, 5) is 15.5. The second-order valence-electron chi connectivity index (χ2n) is 3.79. The van der Waals surface area contributed by atoms with Crippen LogP contribution in [0.1, 0.15) is 10.4 Å². The summed E-state index contributed by atoms with van der Waals surface area (Å²) in [5.41, 5.74) is 0.109. The second-order valence-corrected chi connectivity index (χ2v) is 4.15. The molecule has 2 rings (SSSR count). The monoisotopic (exact) mass is 298 g/mol. The van der Waals surface area contributed by atoms with E-state index in [0.29, 0.717) is 0 Å². The maximum absolute atomic E-state index is 13.1. The molecule has 0 bridgehead atoms. The number of nitrogens with zero attached hydrogens (tertiary/aromatic N) is 1. The van der Waals surface area contributed by atoms with Crippen molar-refractivity contribution in [2.45, 2.75) is 0 Å². The van der Waals surface area contributed by atoms with Gasteiger partial charge >= 0.3 is 0 Å². The molecule has 0 aliphatic heterocycles. The number of rotatable bonds is 3. The van der Waals surface area contributed by atoms with Crippen molar-refractivity contribution in [2.75, 3.05) is 12.4 Å². The molecule has 0 fully saturated rings. The molecule has 0 aliphatic carbocycles. The number of pyridine rings is 1. The molecule has 0 atom stereocenters. The fourth-order valence-electron chi connectivity index (χ4n) is 1.54. The van der Waals surface area contributed by atoms with Crippen LogP contribution in [-0.2, 0) is 0 Å². The number of ether oxygens (including phenoxy) is 1. The lowest BCUT2D eigenvalue weighted by Gasteiger charge is -2.10. The van der Waals surface area contributed by atoms with Crippen molar-refractivity contribution in [2.24, 2.45) is 0 Å². The molecule has 0 saturated carbocycles. The van der Waals surface area contributed by atoms with Crippen molar-refractivity contribution < 1.29 is 18.3 Å². The third-order valence-electron chi connectivity index (χ3n) is 2.46. The van der Waals surface area contributed by atoms with Gasteiger partial charge in [0.25, 0.3) is 5.91 Å². The Morgan fingerprint density at radius 2 is 2.05 bits per heavy atom. The normalized spacial score (nSPS) is 10.2. The first-order valence-electron chi connectivity index (χ1n) is 5.47. The lowest BCUT2D eigenvalue weighted by molar-refractivity contribution is 0.102. The smallest absolute Gasteiger partial charge is 0.259 e. The predicted octanol–water partition coefficient (Wildman–Crippen LogP) is 3.27. The van der Waals surface area contributed by atoms with E-state index in [1.54, 1.807) is 0 Å². The second kappa shape index (κ2) is 5.83. The average molecular weight is 299 g/mol. The summed E-state index contributed by atoms with van der Waals surface area (Å²) < 4.78 is 31.0. The molecule has 7 heteroatoms. The lowest BCUT2D eigenvalue weighted by atomic mass is 10.2. The fourth-order valence-corrected chi connectivity index (χ4v) is 1.73. The number of nitrogens with one attached hydrogen (secondary N) is 1. The van der Waals surface area contributed by atoms with Gasteiger partial charge in [0.05, 0.1) is 24.6 Å². The van der Waals surface area contributed by atoms with E-state index >= 15 is 0 Å². The number of anilines is 1. The molecule has 1 heterocycles. The van der Waals surface area contributed by atoms with Gasteiger partial charge in [-0.05, 0) is 18.2 Å². The van der Waals surface area contributed by atoms with Crippen LogP contribution in [0, 0.1) is 11.6 Å². The Bertz CT molecular complexity index is 665. The molecule has 0 unspecified atom stereocenters. The number of benzene rings is 1. The minimum atomic E-state index is -0.689. The zero-order chi connectivity index (χ0) is 14.7. The Labute approximate surface area is 118 Å². The van der Waals surface area contributed by atoms with Crippen molar-refractivity contribution in [3.63, 3.8) is 0 Å². The zero-order valence-corrected chi connectivity index (χ0v) is 11.0. The van der Waals surface area contributed by atoms with Gasteiger partial charge in [-0.1, -0.05) is 11.6 Å². The van der Waals surface area contributed by atoms with Crippen LogP contribution in [0.3, 0.4) is 0 Å². The van der Waals surface area contributed by atoms with E-state index in [9.17, 15) is 13.6 Å². The first-order valence-corrected chi connectivity index (χ1v) is 5.85. The molecule has 2 aromatic rings. The maximum atomic E-state index is 13.1. The highest BCUT2D eigenvalue weighted by atomic mass is 35.5. The van der Waals surface area contributed by atoms with E-state index < -0.39 is 17.5 Å². The molecule has 0 aliphatic rings.